The number of anilines is 1. The van der Waals surface area contributed by atoms with Crippen LogP contribution in [0, 0.1) is 11.8 Å². The van der Waals surface area contributed by atoms with E-state index in [0.717, 1.165) is 16.7 Å². The molecule has 1 saturated carbocycles. The van der Waals surface area contributed by atoms with Crippen LogP contribution < -0.4 is 5.73 Å². The first-order valence-corrected chi connectivity index (χ1v) is 6.78. The van der Waals surface area contributed by atoms with Crippen molar-refractivity contribution in [3.05, 3.63) is 11.1 Å². The lowest BCUT2D eigenvalue weighted by Crippen LogP contribution is -2.26. The van der Waals surface area contributed by atoms with E-state index in [4.69, 9.17) is 10.5 Å². The second-order valence-electron chi connectivity index (χ2n) is 4.87. The first kappa shape index (κ1) is 11.9. The summed E-state index contributed by atoms with van der Waals surface area (Å²) in [5.74, 6) is 1.63. The summed E-state index contributed by atoms with van der Waals surface area (Å²) in [6.07, 6.45) is 5.91. The fraction of sp³-hybridized carbons (Fsp3) is 0.750. The van der Waals surface area contributed by atoms with Crippen molar-refractivity contribution in [1.29, 1.82) is 0 Å². The van der Waals surface area contributed by atoms with Crippen molar-refractivity contribution < 1.29 is 4.74 Å². The fourth-order valence-corrected chi connectivity index (χ4v) is 2.85. The summed E-state index contributed by atoms with van der Waals surface area (Å²) in [5, 5.41) is 0.629. The molecule has 2 rings (SSSR count). The van der Waals surface area contributed by atoms with Crippen LogP contribution in [0.2, 0.25) is 0 Å². The molecule has 0 amide bonds. The molecule has 1 fully saturated rings. The Kier molecular flexibility index (Phi) is 3.82. The Balaban J connectivity index is 1.78. The summed E-state index contributed by atoms with van der Waals surface area (Å²) in [6, 6.07) is 0. The molecule has 0 bridgehead atoms. The first-order valence-electron chi connectivity index (χ1n) is 5.97. The topological polar surface area (TPSA) is 48.1 Å². The van der Waals surface area contributed by atoms with Gasteiger partial charge in [-0.25, -0.2) is 4.98 Å². The van der Waals surface area contributed by atoms with Gasteiger partial charge in [0.15, 0.2) is 5.13 Å². The maximum Gasteiger partial charge on any atom is 0.180 e. The summed E-state index contributed by atoms with van der Waals surface area (Å²) in [5.41, 5.74) is 5.58. The Morgan fingerprint density at radius 2 is 2.25 bits per heavy atom. The zero-order valence-electron chi connectivity index (χ0n) is 9.98. The molecule has 16 heavy (non-hydrogen) atoms. The summed E-state index contributed by atoms with van der Waals surface area (Å²) in [6.45, 7) is 5.33. The average Bonchev–Trinajstić information content (AvgIpc) is 2.66. The van der Waals surface area contributed by atoms with Gasteiger partial charge in [-0.2, -0.15) is 0 Å². The van der Waals surface area contributed by atoms with E-state index in [1.165, 1.54) is 30.6 Å². The molecule has 1 aliphatic carbocycles. The maximum atomic E-state index is 5.92. The third kappa shape index (κ3) is 2.95. The molecule has 3 nitrogen and oxygen atoms in total. The molecule has 4 heteroatoms. The number of nitrogens with two attached hydrogens (primary N) is 1. The van der Waals surface area contributed by atoms with Gasteiger partial charge < -0.3 is 10.5 Å². The van der Waals surface area contributed by atoms with Crippen molar-refractivity contribution in [2.75, 3.05) is 5.73 Å². The third-order valence-corrected chi connectivity index (χ3v) is 4.38. The highest BCUT2D eigenvalue weighted by Gasteiger charge is 2.24. The maximum absolute atomic E-state index is 5.92. The second-order valence-corrected chi connectivity index (χ2v) is 6.01. The number of aromatic nitrogens is 1. The molecule has 0 spiro atoms. The van der Waals surface area contributed by atoms with Crippen molar-refractivity contribution >= 4 is 16.5 Å². The number of rotatable bonds is 3. The molecule has 3 unspecified atom stereocenters. The summed E-state index contributed by atoms with van der Waals surface area (Å²) in [4.78, 5) is 5.15. The Hall–Kier alpha value is -0.610. The van der Waals surface area contributed by atoms with Gasteiger partial charge in [-0.05, 0) is 31.1 Å². The van der Waals surface area contributed by atoms with Gasteiger partial charge in [0.1, 0.15) is 0 Å². The highest BCUT2D eigenvalue weighted by Crippen LogP contribution is 2.31. The second kappa shape index (κ2) is 5.15. The van der Waals surface area contributed by atoms with Crippen LogP contribution >= 0.6 is 11.3 Å². The van der Waals surface area contributed by atoms with E-state index < -0.39 is 0 Å². The van der Waals surface area contributed by atoms with E-state index in [9.17, 15) is 0 Å². The fourth-order valence-electron chi connectivity index (χ4n) is 2.24. The minimum absolute atomic E-state index is 0.425. The van der Waals surface area contributed by atoms with Crippen molar-refractivity contribution in [2.45, 2.75) is 45.8 Å². The van der Waals surface area contributed by atoms with E-state index in [1.807, 2.05) is 6.20 Å². The number of ether oxygens (including phenoxy) is 1. The monoisotopic (exact) mass is 240 g/mol. The first-order chi connectivity index (χ1) is 7.65. The minimum atomic E-state index is 0.425. The largest absolute Gasteiger partial charge is 0.375 e. The standard InChI is InChI=1S/C12H20N2OS/c1-8-3-4-10(5-9(8)2)15-7-11-6-14-12(13)16-11/h6,8-10H,3-5,7H2,1-2H3,(H2,13,14). The molecule has 2 N–H and O–H groups in total. The van der Waals surface area contributed by atoms with Gasteiger partial charge >= 0.3 is 0 Å². The van der Waals surface area contributed by atoms with Crippen molar-refractivity contribution in [3.8, 4) is 0 Å². The number of hydrogen-bond acceptors (Lipinski definition) is 4. The molecule has 1 aromatic rings. The van der Waals surface area contributed by atoms with Crippen LogP contribution in [0.1, 0.15) is 38.0 Å². The summed E-state index contributed by atoms with van der Waals surface area (Å²) < 4.78 is 5.92. The Bertz CT molecular complexity index is 340. The zero-order chi connectivity index (χ0) is 11.5. The minimum Gasteiger partial charge on any atom is -0.375 e. The molecule has 1 aromatic heterocycles. The van der Waals surface area contributed by atoms with Crippen LogP contribution in [-0.2, 0) is 11.3 Å². The summed E-state index contributed by atoms with van der Waals surface area (Å²) >= 11 is 1.52. The van der Waals surface area contributed by atoms with E-state index in [0.29, 0.717) is 17.8 Å². The smallest absolute Gasteiger partial charge is 0.180 e. The Morgan fingerprint density at radius 3 is 2.88 bits per heavy atom. The van der Waals surface area contributed by atoms with E-state index >= 15 is 0 Å². The molecule has 0 saturated heterocycles. The summed E-state index contributed by atoms with van der Waals surface area (Å²) in [7, 11) is 0. The lowest BCUT2D eigenvalue weighted by atomic mass is 9.80. The Labute approximate surface area is 101 Å². The molecule has 0 radical (unpaired) electrons. The van der Waals surface area contributed by atoms with Gasteiger partial charge in [-0.3, -0.25) is 0 Å². The lowest BCUT2D eigenvalue weighted by molar-refractivity contribution is -0.00639. The van der Waals surface area contributed by atoms with Crippen molar-refractivity contribution in [2.24, 2.45) is 11.8 Å². The molecule has 1 heterocycles. The van der Waals surface area contributed by atoms with Crippen LogP contribution in [0.4, 0.5) is 5.13 Å². The number of nitrogen functional groups attached to an aromatic ring is 1. The molecular formula is C12H20N2OS. The van der Waals surface area contributed by atoms with Crippen LogP contribution in [-0.4, -0.2) is 11.1 Å². The highest BCUT2D eigenvalue weighted by molar-refractivity contribution is 7.15. The van der Waals surface area contributed by atoms with Crippen molar-refractivity contribution in [1.82, 2.24) is 4.98 Å². The normalized spacial score (nSPS) is 30.5. The van der Waals surface area contributed by atoms with Crippen LogP contribution in [0.5, 0.6) is 0 Å². The Morgan fingerprint density at radius 1 is 1.44 bits per heavy atom. The van der Waals surface area contributed by atoms with Gasteiger partial charge in [0.05, 0.1) is 17.6 Å². The van der Waals surface area contributed by atoms with Crippen molar-refractivity contribution in [3.63, 3.8) is 0 Å². The van der Waals surface area contributed by atoms with E-state index in [-0.39, 0.29) is 0 Å². The quantitative estimate of drug-likeness (QED) is 0.883. The average molecular weight is 240 g/mol. The van der Waals surface area contributed by atoms with Gasteiger partial charge in [0.25, 0.3) is 0 Å². The van der Waals surface area contributed by atoms with E-state index in [2.05, 4.69) is 18.8 Å². The predicted molar refractivity (Wildman–Crippen MR) is 67.3 cm³/mol. The molecule has 3 atom stereocenters. The van der Waals surface area contributed by atoms with Gasteiger partial charge in [0, 0.05) is 6.20 Å². The molecule has 0 aromatic carbocycles. The number of thiazole rings is 1. The highest BCUT2D eigenvalue weighted by atomic mass is 32.1. The molecular weight excluding hydrogens is 220 g/mol. The number of nitrogens with zero attached hydrogens (tertiary/aromatic N) is 1. The molecule has 90 valence electrons. The van der Waals surface area contributed by atoms with Gasteiger partial charge in [-0.15, -0.1) is 0 Å². The van der Waals surface area contributed by atoms with E-state index in [1.54, 1.807) is 0 Å². The predicted octanol–water partition coefficient (Wildman–Crippen LogP) is 3.07. The van der Waals surface area contributed by atoms with Crippen LogP contribution in [0.15, 0.2) is 6.20 Å². The third-order valence-electron chi connectivity index (χ3n) is 3.58. The lowest BCUT2D eigenvalue weighted by Gasteiger charge is -2.31. The SMILES string of the molecule is CC1CCC(OCc2cnc(N)s2)CC1C. The molecule has 0 aliphatic heterocycles. The van der Waals surface area contributed by atoms with Gasteiger partial charge in [0.2, 0.25) is 0 Å². The molecule has 1 aliphatic rings. The van der Waals surface area contributed by atoms with Crippen LogP contribution in [0.25, 0.3) is 0 Å². The number of hydrogen-bond donors (Lipinski definition) is 1. The van der Waals surface area contributed by atoms with Gasteiger partial charge in [-0.1, -0.05) is 25.2 Å². The van der Waals surface area contributed by atoms with Crippen LogP contribution in [0.3, 0.4) is 0 Å². The zero-order valence-corrected chi connectivity index (χ0v) is 10.8.